The van der Waals surface area contributed by atoms with Crippen molar-refractivity contribution >= 4 is 27.6 Å². The average molecular weight is 289 g/mol. The maximum absolute atomic E-state index is 11.3. The zero-order chi connectivity index (χ0) is 13.6. The lowest BCUT2D eigenvalue weighted by Gasteiger charge is -2.03. The summed E-state index contributed by atoms with van der Waals surface area (Å²) in [6.45, 7) is 1.63. The molecule has 0 saturated carbocycles. The smallest absolute Gasteiger partial charge is 0.354 e. The lowest BCUT2D eigenvalue weighted by atomic mass is 10.3. The minimum atomic E-state index is -2.92. The molecule has 7 heteroatoms. The molecule has 0 aliphatic rings. The van der Waals surface area contributed by atoms with Crippen molar-refractivity contribution in [3.8, 4) is 0 Å². The van der Waals surface area contributed by atoms with E-state index in [-0.39, 0.29) is 17.2 Å². The summed E-state index contributed by atoms with van der Waals surface area (Å²) >= 11 is 1.44. The summed E-state index contributed by atoms with van der Waals surface area (Å²) in [5.74, 6) is -0.0859. The first kappa shape index (κ1) is 15.0. The molecule has 0 fully saturated rings. The zero-order valence-corrected chi connectivity index (χ0v) is 11.6. The second-order valence-electron chi connectivity index (χ2n) is 3.62. The molecule has 0 amide bonds. The number of aromatic nitrogens is 1. The highest BCUT2D eigenvalue weighted by molar-refractivity contribution is 7.99. The second-order valence-corrected chi connectivity index (χ2v) is 7.26. The van der Waals surface area contributed by atoms with E-state index < -0.39 is 15.8 Å². The quantitative estimate of drug-likeness (QED) is 0.607. The van der Waals surface area contributed by atoms with Crippen LogP contribution in [0.1, 0.15) is 23.8 Å². The first-order chi connectivity index (χ1) is 8.44. The Bertz CT molecular complexity index is 514. The van der Waals surface area contributed by atoms with Crippen LogP contribution in [-0.4, -0.2) is 41.7 Å². The number of hydrogen-bond donors (Lipinski definition) is 1. The van der Waals surface area contributed by atoms with E-state index >= 15 is 0 Å². The number of sulfone groups is 1. The fourth-order valence-corrected chi connectivity index (χ4v) is 3.16. The molecule has 0 aromatic carbocycles. The highest BCUT2D eigenvalue weighted by Gasteiger charge is 2.08. The summed E-state index contributed by atoms with van der Waals surface area (Å²) in [5, 5.41) is 8.77. The molecule has 0 aliphatic heterocycles. The Balaban J connectivity index is 2.45. The number of aromatic carboxylic acids is 1. The van der Waals surface area contributed by atoms with Gasteiger partial charge in [0, 0.05) is 16.8 Å². The second kappa shape index (κ2) is 6.75. The van der Waals surface area contributed by atoms with E-state index in [1.54, 1.807) is 13.0 Å². The van der Waals surface area contributed by atoms with Crippen LogP contribution in [0.2, 0.25) is 0 Å². The Morgan fingerprint density at radius 1 is 1.50 bits per heavy atom. The van der Waals surface area contributed by atoms with Crippen molar-refractivity contribution in [2.75, 3.05) is 17.3 Å². The summed E-state index contributed by atoms with van der Waals surface area (Å²) in [6.07, 6.45) is 2.00. The number of thioether (sulfide) groups is 1. The van der Waals surface area contributed by atoms with Gasteiger partial charge in [-0.1, -0.05) is 6.92 Å². The topological polar surface area (TPSA) is 84.3 Å². The summed E-state index contributed by atoms with van der Waals surface area (Å²) in [7, 11) is -2.92. The lowest BCUT2D eigenvalue weighted by Crippen LogP contribution is -2.09. The Morgan fingerprint density at radius 2 is 2.22 bits per heavy atom. The van der Waals surface area contributed by atoms with E-state index in [2.05, 4.69) is 4.98 Å². The predicted octanol–water partition coefficient (Wildman–Crippen LogP) is 1.70. The van der Waals surface area contributed by atoms with Crippen LogP contribution >= 0.6 is 11.8 Å². The largest absolute Gasteiger partial charge is 0.477 e. The molecule has 0 unspecified atom stereocenters. The molecule has 0 atom stereocenters. The van der Waals surface area contributed by atoms with Gasteiger partial charge in [-0.25, -0.2) is 18.2 Å². The molecule has 0 spiro atoms. The fraction of sp³-hybridized carbons (Fsp3) is 0.455. The highest BCUT2D eigenvalue weighted by atomic mass is 32.2. The number of hydrogen-bond acceptors (Lipinski definition) is 5. The molecular weight excluding hydrogens is 274 g/mol. The predicted molar refractivity (Wildman–Crippen MR) is 70.9 cm³/mol. The third-order valence-electron chi connectivity index (χ3n) is 2.26. The van der Waals surface area contributed by atoms with Crippen LogP contribution < -0.4 is 0 Å². The van der Waals surface area contributed by atoms with Gasteiger partial charge >= 0.3 is 5.97 Å². The minimum absolute atomic E-state index is 0.00109. The highest BCUT2D eigenvalue weighted by Crippen LogP contribution is 2.19. The molecule has 0 radical (unpaired) electrons. The number of carbonyl (C=O) groups is 1. The molecule has 5 nitrogen and oxygen atoms in total. The summed E-state index contributed by atoms with van der Waals surface area (Å²) < 4.78 is 22.5. The van der Waals surface area contributed by atoms with E-state index in [4.69, 9.17) is 5.11 Å². The average Bonchev–Trinajstić information content (AvgIpc) is 2.35. The molecule has 1 aromatic heterocycles. The molecule has 1 rings (SSSR count). The summed E-state index contributed by atoms with van der Waals surface area (Å²) in [5.41, 5.74) is 0.00109. The van der Waals surface area contributed by atoms with Gasteiger partial charge in [0.25, 0.3) is 0 Å². The fourth-order valence-electron chi connectivity index (χ4n) is 1.23. The summed E-state index contributed by atoms with van der Waals surface area (Å²) in [6, 6.07) is 3.20. The Hall–Kier alpha value is -1.08. The normalized spacial score (nSPS) is 11.4. The third-order valence-corrected chi connectivity index (χ3v) is 5.13. The molecule has 18 heavy (non-hydrogen) atoms. The van der Waals surface area contributed by atoms with Crippen LogP contribution in [0.25, 0.3) is 0 Å². The van der Waals surface area contributed by atoms with Crippen molar-refractivity contribution in [3.05, 3.63) is 24.0 Å². The van der Waals surface area contributed by atoms with E-state index in [1.807, 2.05) is 0 Å². The van der Waals surface area contributed by atoms with Gasteiger partial charge in [-0.3, -0.25) is 0 Å². The summed E-state index contributed by atoms with van der Waals surface area (Å²) in [4.78, 5) is 15.2. The van der Waals surface area contributed by atoms with Crippen molar-refractivity contribution in [2.24, 2.45) is 0 Å². The third kappa shape index (κ3) is 5.05. The first-order valence-corrected chi connectivity index (χ1v) is 8.28. The van der Waals surface area contributed by atoms with Gasteiger partial charge < -0.3 is 5.11 Å². The Labute approximate surface area is 111 Å². The van der Waals surface area contributed by atoms with Gasteiger partial charge in [0.15, 0.2) is 0 Å². The van der Waals surface area contributed by atoms with Crippen LogP contribution in [0.4, 0.5) is 0 Å². The van der Waals surface area contributed by atoms with Gasteiger partial charge in [0.1, 0.15) is 15.5 Å². The first-order valence-electron chi connectivity index (χ1n) is 5.47. The van der Waals surface area contributed by atoms with Crippen LogP contribution in [-0.2, 0) is 9.84 Å². The Morgan fingerprint density at radius 3 is 2.83 bits per heavy atom. The number of carboxylic acid groups (broad SMARTS) is 1. The Kier molecular flexibility index (Phi) is 5.61. The number of nitrogens with zero attached hydrogens (tertiary/aromatic N) is 1. The van der Waals surface area contributed by atoms with E-state index in [9.17, 15) is 13.2 Å². The molecule has 100 valence electrons. The van der Waals surface area contributed by atoms with Gasteiger partial charge in [-0.2, -0.15) is 0 Å². The maximum Gasteiger partial charge on any atom is 0.354 e. The molecule has 1 N–H and O–H groups in total. The number of rotatable bonds is 7. The van der Waals surface area contributed by atoms with Crippen LogP contribution in [0.15, 0.2) is 23.2 Å². The number of pyridine rings is 1. The van der Waals surface area contributed by atoms with E-state index in [0.29, 0.717) is 12.2 Å². The molecule has 0 bridgehead atoms. The minimum Gasteiger partial charge on any atom is -0.477 e. The van der Waals surface area contributed by atoms with Crippen molar-refractivity contribution in [3.63, 3.8) is 0 Å². The standard InChI is InChI=1S/C11H15NO4S2/c1-2-18(15,16)7-3-6-17-9-4-5-12-10(8-9)11(13)14/h4-5,8H,2-3,6-7H2,1H3,(H,13,14). The van der Waals surface area contributed by atoms with Crippen molar-refractivity contribution < 1.29 is 18.3 Å². The van der Waals surface area contributed by atoms with Crippen molar-refractivity contribution in [1.29, 1.82) is 0 Å². The molecular formula is C11H15NO4S2. The molecule has 0 saturated heterocycles. The SMILES string of the molecule is CCS(=O)(=O)CCCSc1ccnc(C(=O)O)c1. The molecule has 1 aromatic rings. The van der Waals surface area contributed by atoms with Crippen LogP contribution in [0, 0.1) is 0 Å². The van der Waals surface area contributed by atoms with Crippen LogP contribution in [0.3, 0.4) is 0 Å². The monoisotopic (exact) mass is 289 g/mol. The number of carboxylic acids is 1. The van der Waals surface area contributed by atoms with Gasteiger partial charge in [-0.05, 0) is 24.3 Å². The molecule has 1 heterocycles. The maximum atomic E-state index is 11.3. The van der Waals surface area contributed by atoms with E-state index in [0.717, 1.165) is 4.90 Å². The lowest BCUT2D eigenvalue weighted by molar-refractivity contribution is 0.0690. The van der Waals surface area contributed by atoms with E-state index in [1.165, 1.54) is 24.0 Å². The van der Waals surface area contributed by atoms with Gasteiger partial charge in [-0.15, -0.1) is 11.8 Å². The molecule has 0 aliphatic carbocycles. The van der Waals surface area contributed by atoms with Gasteiger partial charge in [0.05, 0.1) is 5.75 Å². The van der Waals surface area contributed by atoms with Crippen molar-refractivity contribution in [1.82, 2.24) is 4.98 Å². The van der Waals surface area contributed by atoms with Gasteiger partial charge in [0.2, 0.25) is 0 Å². The van der Waals surface area contributed by atoms with Crippen molar-refractivity contribution in [2.45, 2.75) is 18.2 Å². The zero-order valence-electron chi connectivity index (χ0n) is 10.00. The van der Waals surface area contributed by atoms with Crippen LogP contribution in [0.5, 0.6) is 0 Å².